The van der Waals surface area contributed by atoms with E-state index >= 15 is 0 Å². The van der Waals surface area contributed by atoms with Crippen LogP contribution in [0.25, 0.3) is 10.9 Å². The lowest BCUT2D eigenvalue weighted by Crippen LogP contribution is -2.42. The molecule has 27 heavy (non-hydrogen) atoms. The Balaban J connectivity index is 1.64. The van der Waals surface area contributed by atoms with Crippen LogP contribution in [0.5, 0.6) is 0 Å². The van der Waals surface area contributed by atoms with Crippen LogP contribution in [-0.4, -0.2) is 52.6 Å². The number of hydrogen-bond donors (Lipinski definition) is 1. The number of likely N-dealkylation sites (N-methyl/N-ethyl adjacent to an activating group) is 1. The molecule has 7 nitrogen and oxygen atoms in total. The maximum absolute atomic E-state index is 12.7. The van der Waals surface area contributed by atoms with Crippen LogP contribution >= 0.6 is 0 Å². The number of urea groups is 1. The molecule has 144 valence electrons. The Kier molecular flexibility index (Phi) is 5.81. The van der Waals surface area contributed by atoms with Gasteiger partial charge in [-0.15, -0.1) is 0 Å². The van der Waals surface area contributed by atoms with Crippen LogP contribution in [0, 0.1) is 6.92 Å². The first kappa shape index (κ1) is 19.0. The lowest BCUT2D eigenvalue weighted by Gasteiger charge is -2.24. The van der Waals surface area contributed by atoms with Gasteiger partial charge in [0.2, 0.25) is 0 Å². The molecule has 3 aromatic rings. The Bertz CT molecular complexity index is 914. The fraction of sp³-hybridized carbons (Fsp3) is 0.400. The van der Waals surface area contributed by atoms with Gasteiger partial charge in [-0.1, -0.05) is 18.2 Å². The standard InChI is InChI=1S/C20H27N5O2/c1-15-13-16-7-5-6-8-18(16)25(15)12-11-23(2)20(26)22-17(14-27-4)19-9-10-21-24(19)3/h5-10,13,17H,11-12,14H2,1-4H3,(H,22,26)/t17-/m1/s1. The van der Waals surface area contributed by atoms with Crippen LogP contribution in [-0.2, 0) is 18.3 Å². The van der Waals surface area contributed by atoms with E-state index in [4.69, 9.17) is 4.74 Å². The van der Waals surface area contributed by atoms with Crippen LogP contribution < -0.4 is 5.32 Å². The zero-order valence-electron chi connectivity index (χ0n) is 16.3. The molecule has 2 aromatic heterocycles. The molecule has 0 spiro atoms. The van der Waals surface area contributed by atoms with Crippen molar-refractivity contribution in [2.45, 2.75) is 19.5 Å². The molecule has 1 N–H and O–H groups in total. The van der Waals surface area contributed by atoms with Crippen molar-refractivity contribution in [2.75, 3.05) is 27.3 Å². The summed E-state index contributed by atoms with van der Waals surface area (Å²) in [6.07, 6.45) is 1.72. The molecule has 2 heterocycles. The summed E-state index contributed by atoms with van der Waals surface area (Å²) in [6, 6.07) is 12.0. The van der Waals surface area contributed by atoms with Gasteiger partial charge in [-0.25, -0.2) is 4.79 Å². The highest BCUT2D eigenvalue weighted by Gasteiger charge is 2.20. The highest BCUT2D eigenvalue weighted by atomic mass is 16.5. The molecule has 0 unspecified atom stereocenters. The number of carbonyl (C=O) groups excluding carboxylic acids is 1. The van der Waals surface area contributed by atoms with Crippen molar-refractivity contribution in [3.8, 4) is 0 Å². The summed E-state index contributed by atoms with van der Waals surface area (Å²) in [6.45, 7) is 3.83. The number of hydrogen-bond acceptors (Lipinski definition) is 3. The van der Waals surface area contributed by atoms with Gasteiger partial charge in [-0.2, -0.15) is 5.10 Å². The van der Waals surface area contributed by atoms with Crippen molar-refractivity contribution in [1.29, 1.82) is 0 Å². The molecule has 2 amide bonds. The number of rotatable bonds is 7. The fourth-order valence-corrected chi connectivity index (χ4v) is 3.35. The number of methoxy groups -OCH3 is 1. The summed E-state index contributed by atoms with van der Waals surface area (Å²) >= 11 is 0. The number of benzene rings is 1. The molecular weight excluding hydrogens is 342 g/mol. The first-order chi connectivity index (χ1) is 13.0. The molecule has 1 aromatic carbocycles. The van der Waals surface area contributed by atoms with Crippen LogP contribution in [0.3, 0.4) is 0 Å². The lowest BCUT2D eigenvalue weighted by atomic mass is 10.2. The largest absolute Gasteiger partial charge is 0.382 e. The van der Waals surface area contributed by atoms with E-state index in [2.05, 4.69) is 40.1 Å². The van der Waals surface area contributed by atoms with Crippen molar-refractivity contribution in [3.63, 3.8) is 0 Å². The summed E-state index contributed by atoms with van der Waals surface area (Å²) in [7, 11) is 5.29. The lowest BCUT2D eigenvalue weighted by molar-refractivity contribution is 0.155. The average Bonchev–Trinajstić information content (AvgIpc) is 3.21. The number of nitrogens with zero attached hydrogens (tertiary/aromatic N) is 4. The molecule has 0 aliphatic rings. The Morgan fingerprint density at radius 3 is 2.81 bits per heavy atom. The summed E-state index contributed by atoms with van der Waals surface area (Å²) in [5.74, 6) is 0. The van der Waals surface area contributed by atoms with Gasteiger partial charge in [-0.05, 0) is 30.5 Å². The van der Waals surface area contributed by atoms with Crippen LogP contribution in [0.4, 0.5) is 4.79 Å². The minimum Gasteiger partial charge on any atom is -0.382 e. The number of ether oxygens (including phenoxy) is 1. The Morgan fingerprint density at radius 1 is 1.33 bits per heavy atom. The molecule has 0 fully saturated rings. The number of amides is 2. The number of para-hydroxylation sites is 1. The van der Waals surface area contributed by atoms with Crippen LogP contribution in [0.15, 0.2) is 42.6 Å². The quantitative estimate of drug-likeness (QED) is 0.696. The van der Waals surface area contributed by atoms with Gasteiger partial charge in [0.1, 0.15) is 0 Å². The predicted molar refractivity (Wildman–Crippen MR) is 106 cm³/mol. The highest BCUT2D eigenvalue weighted by Crippen LogP contribution is 2.19. The smallest absolute Gasteiger partial charge is 0.317 e. The second-order valence-electron chi connectivity index (χ2n) is 6.75. The third-order valence-corrected chi connectivity index (χ3v) is 4.87. The molecule has 0 saturated carbocycles. The molecule has 1 atom stereocenters. The summed E-state index contributed by atoms with van der Waals surface area (Å²) in [4.78, 5) is 14.4. The van der Waals surface area contributed by atoms with E-state index < -0.39 is 0 Å². The summed E-state index contributed by atoms with van der Waals surface area (Å²) in [5.41, 5.74) is 3.29. The van der Waals surface area contributed by atoms with Crippen LogP contribution in [0.2, 0.25) is 0 Å². The zero-order valence-corrected chi connectivity index (χ0v) is 16.3. The monoisotopic (exact) mass is 369 g/mol. The van der Waals surface area contributed by atoms with Gasteiger partial charge in [-0.3, -0.25) is 4.68 Å². The number of aryl methyl sites for hydroxylation is 2. The maximum atomic E-state index is 12.7. The topological polar surface area (TPSA) is 64.3 Å². The van der Waals surface area contributed by atoms with E-state index in [0.717, 1.165) is 12.2 Å². The second-order valence-corrected chi connectivity index (χ2v) is 6.75. The third kappa shape index (κ3) is 4.14. The Labute approximate surface area is 159 Å². The molecular formula is C20H27N5O2. The van der Waals surface area contributed by atoms with E-state index in [0.29, 0.717) is 13.2 Å². The second kappa shape index (κ2) is 8.26. The fourth-order valence-electron chi connectivity index (χ4n) is 3.35. The van der Waals surface area contributed by atoms with Gasteiger partial charge in [0, 0.05) is 51.7 Å². The normalized spacial score (nSPS) is 12.3. The Morgan fingerprint density at radius 2 is 2.11 bits per heavy atom. The molecule has 0 aliphatic carbocycles. The summed E-state index contributed by atoms with van der Waals surface area (Å²) < 4.78 is 9.26. The van der Waals surface area contributed by atoms with Crippen molar-refractivity contribution in [3.05, 3.63) is 54.0 Å². The average molecular weight is 369 g/mol. The van der Waals surface area contributed by atoms with E-state index in [9.17, 15) is 4.79 Å². The number of aromatic nitrogens is 3. The van der Waals surface area contributed by atoms with Gasteiger partial charge in [0.05, 0.1) is 18.3 Å². The zero-order chi connectivity index (χ0) is 19.4. The maximum Gasteiger partial charge on any atom is 0.317 e. The van der Waals surface area contributed by atoms with Crippen molar-refractivity contribution in [1.82, 2.24) is 24.6 Å². The molecule has 3 rings (SSSR count). The third-order valence-electron chi connectivity index (χ3n) is 4.87. The van der Waals surface area contributed by atoms with Crippen LogP contribution in [0.1, 0.15) is 17.4 Å². The molecule has 0 aliphatic heterocycles. The number of nitrogens with one attached hydrogen (secondary N) is 1. The van der Waals surface area contributed by atoms with Gasteiger partial charge < -0.3 is 19.5 Å². The number of fused-ring (bicyclic) bond motifs is 1. The van der Waals surface area contributed by atoms with Crippen molar-refractivity contribution >= 4 is 16.9 Å². The predicted octanol–water partition coefficient (Wildman–Crippen LogP) is 2.71. The van der Waals surface area contributed by atoms with E-state index in [1.807, 2.05) is 32.3 Å². The SMILES string of the molecule is COC[C@@H](NC(=O)N(C)CCn1c(C)cc2ccccc21)c1ccnn1C. The van der Waals surface area contributed by atoms with Gasteiger partial charge in [0.25, 0.3) is 0 Å². The molecule has 0 saturated heterocycles. The van der Waals surface area contributed by atoms with Gasteiger partial charge >= 0.3 is 6.03 Å². The van der Waals surface area contributed by atoms with Gasteiger partial charge in [0.15, 0.2) is 0 Å². The van der Waals surface area contributed by atoms with E-state index in [1.54, 1.807) is 22.9 Å². The van der Waals surface area contributed by atoms with E-state index in [-0.39, 0.29) is 12.1 Å². The minimum absolute atomic E-state index is 0.132. The van der Waals surface area contributed by atoms with Crippen molar-refractivity contribution < 1.29 is 9.53 Å². The minimum atomic E-state index is -0.244. The van der Waals surface area contributed by atoms with Crippen molar-refractivity contribution in [2.24, 2.45) is 7.05 Å². The molecule has 0 radical (unpaired) electrons. The molecule has 0 bridgehead atoms. The first-order valence-corrected chi connectivity index (χ1v) is 9.04. The summed E-state index contributed by atoms with van der Waals surface area (Å²) in [5, 5.41) is 8.43. The molecule has 7 heteroatoms. The Hall–Kier alpha value is -2.80. The number of carbonyl (C=O) groups is 1. The first-order valence-electron chi connectivity index (χ1n) is 9.04. The highest BCUT2D eigenvalue weighted by molar-refractivity contribution is 5.81. The van der Waals surface area contributed by atoms with E-state index in [1.165, 1.54) is 16.6 Å².